The van der Waals surface area contributed by atoms with Crippen LogP contribution in [0.2, 0.25) is 0 Å². The molecule has 0 saturated heterocycles. The van der Waals surface area contributed by atoms with Crippen LogP contribution in [0.1, 0.15) is 46.0 Å². The molecule has 2 atom stereocenters. The molecule has 0 aromatic carbocycles. The van der Waals surface area contributed by atoms with Crippen LogP contribution in [-0.4, -0.2) is 24.2 Å². The third kappa shape index (κ3) is 4.67. The molecule has 6 heteroatoms. The van der Waals surface area contributed by atoms with Crippen LogP contribution in [0.25, 0.3) is 0 Å². The molecule has 0 heterocycles. The number of alkyl halides is 3. The van der Waals surface area contributed by atoms with Crippen molar-refractivity contribution in [3.63, 3.8) is 0 Å². The SMILES string of the molecule is CC(C)(CCN)NC(=O)C1CCCCC1C(F)(F)F. The quantitative estimate of drug-likeness (QED) is 0.831. The Bertz CT molecular complexity index is 316. The third-order valence-electron chi connectivity index (χ3n) is 3.75. The summed E-state index contributed by atoms with van der Waals surface area (Å²) in [4.78, 5) is 12.1. The number of hydrogen-bond acceptors (Lipinski definition) is 2. The lowest BCUT2D eigenvalue weighted by atomic mass is 9.78. The molecule has 2 unspecified atom stereocenters. The lowest BCUT2D eigenvalue weighted by molar-refractivity contribution is -0.198. The highest BCUT2D eigenvalue weighted by molar-refractivity contribution is 5.79. The topological polar surface area (TPSA) is 55.1 Å². The van der Waals surface area contributed by atoms with Gasteiger partial charge < -0.3 is 11.1 Å². The van der Waals surface area contributed by atoms with Gasteiger partial charge in [-0.2, -0.15) is 13.2 Å². The first-order valence-corrected chi connectivity index (χ1v) is 6.76. The molecule has 3 N–H and O–H groups in total. The zero-order valence-electron chi connectivity index (χ0n) is 11.5. The molecule has 1 saturated carbocycles. The van der Waals surface area contributed by atoms with Gasteiger partial charge in [0.25, 0.3) is 0 Å². The van der Waals surface area contributed by atoms with Crippen LogP contribution in [0, 0.1) is 11.8 Å². The lowest BCUT2D eigenvalue weighted by Gasteiger charge is -2.35. The van der Waals surface area contributed by atoms with Crippen LogP contribution in [0.3, 0.4) is 0 Å². The number of rotatable bonds is 4. The minimum absolute atomic E-state index is 0.0545. The number of hydrogen-bond donors (Lipinski definition) is 2. The van der Waals surface area contributed by atoms with Crippen molar-refractivity contribution in [3.05, 3.63) is 0 Å². The van der Waals surface area contributed by atoms with Gasteiger partial charge in [-0.05, 0) is 39.7 Å². The number of halogens is 3. The number of carbonyl (C=O) groups excluding carboxylic acids is 1. The fraction of sp³-hybridized carbons (Fsp3) is 0.923. The van der Waals surface area contributed by atoms with E-state index < -0.39 is 29.5 Å². The van der Waals surface area contributed by atoms with Crippen molar-refractivity contribution in [3.8, 4) is 0 Å². The van der Waals surface area contributed by atoms with E-state index in [1.807, 2.05) is 0 Å². The summed E-state index contributed by atoms with van der Waals surface area (Å²) in [6, 6.07) is 0. The fourth-order valence-corrected chi connectivity index (χ4v) is 2.69. The van der Waals surface area contributed by atoms with Crippen molar-refractivity contribution < 1.29 is 18.0 Å². The maximum Gasteiger partial charge on any atom is 0.392 e. The van der Waals surface area contributed by atoms with Crippen molar-refractivity contribution in [2.45, 2.75) is 57.7 Å². The molecule has 19 heavy (non-hydrogen) atoms. The first-order valence-electron chi connectivity index (χ1n) is 6.76. The van der Waals surface area contributed by atoms with Gasteiger partial charge in [-0.25, -0.2) is 0 Å². The molecule has 1 fully saturated rings. The Balaban J connectivity index is 2.73. The summed E-state index contributed by atoms with van der Waals surface area (Å²) in [5, 5.41) is 2.71. The molecule has 3 nitrogen and oxygen atoms in total. The lowest BCUT2D eigenvalue weighted by Crippen LogP contribution is -2.50. The van der Waals surface area contributed by atoms with Gasteiger partial charge in [0.1, 0.15) is 0 Å². The molecule has 112 valence electrons. The Morgan fingerprint density at radius 3 is 2.37 bits per heavy atom. The number of amides is 1. The Labute approximate surface area is 112 Å². The van der Waals surface area contributed by atoms with Crippen LogP contribution in [0.15, 0.2) is 0 Å². The van der Waals surface area contributed by atoms with Gasteiger partial charge in [-0.1, -0.05) is 12.8 Å². The Hall–Kier alpha value is -0.780. The first kappa shape index (κ1) is 16.3. The van der Waals surface area contributed by atoms with E-state index in [2.05, 4.69) is 5.32 Å². The normalized spacial score (nSPS) is 25.2. The predicted octanol–water partition coefficient (Wildman–Crippen LogP) is 2.60. The van der Waals surface area contributed by atoms with Crippen LogP contribution in [0.4, 0.5) is 13.2 Å². The van der Waals surface area contributed by atoms with Crippen molar-refractivity contribution >= 4 is 5.91 Å². The van der Waals surface area contributed by atoms with Gasteiger partial charge in [-0.15, -0.1) is 0 Å². The van der Waals surface area contributed by atoms with Crippen LogP contribution in [0.5, 0.6) is 0 Å². The minimum Gasteiger partial charge on any atom is -0.351 e. The monoisotopic (exact) mass is 280 g/mol. The molecule has 1 amide bonds. The maximum atomic E-state index is 12.9. The van der Waals surface area contributed by atoms with Gasteiger partial charge in [0.2, 0.25) is 5.91 Å². The van der Waals surface area contributed by atoms with E-state index >= 15 is 0 Å². The van der Waals surface area contributed by atoms with E-state index in [1.54, 1.807) is 13.8 Å². The second kappa shape index (κ2) is 6.11. The average Bonchev–Trinajstić information content (AvgIpc) is 2.27. The van der Waals surface area contributed by atoms with Crippen molar-refractivity contribution in [1.82, 2.24) is 5.32 Å². The molecular weight excluding hydrogens is 257 g/mol. The Kier molecular flexibility index (Phi) is 5.24. The summed E-state index contributed by atoms with van der Waals surface area (Å²) in [5.74, 6) is -2.94. The third-order valence-corrected chi connectivity index (χ3v) is 3.75. The van der Waals surface area contributed by atoms with E-state index in [-0.39, 0.29) is 6.42 Å². The number of nitrogens with two attached hydrogens (primary N) is 1. The molecule has 0 spiro atoms. The summed E-state index contributed by atoms with van der Waals surface area (Å²) in [6.45, 7) is 3.95. The fourth-order valence-electron chi connectivity index (χ4n) is 2.69. The Morgan fingerprint density at radius 2 is 1.84 bits per heavy atom. The molecule has 0 bridgehead atoms. The molecular formula is C13H23F3N2O. The van der Waals surface area contributed by atoms with Crippen molar-refractivity contribution in [2.75, 3.05) is 6.54 Å². The molecule has 1 rings (SSSR count). The second-order valence-electron chi connectivity index (χ2n) is 5.95. The molecule has 0 aromatic rings. The van der Waals surface area contributed by atoms with Crippen LogP contribution in [-0.2, 0) is 4.79 Å². The van der Waals surface area contributed by atoms with Crippen LogP contribution < -0.4 is 11.1 Å². The zero-order valence-corrected chi connectivity index (χ0v) is 11.5. The highest BCUT2D eigenvalue weighted by atomic mass is 19.4. The first-order chi connectivity index (χ1) is 8.67. The van der Waals surface area contributed by atoms with Gasteiger partial charge in [0.05, 0.1) is 5.92 Å². The van der Waals surface area contributed by atoms with Gasteiger partial charge in [0.15, 0.2) is 0 Å². The zero-order chi connectivity index (χ0) is 14.7. The van der Waals surface area contributed by atoms with E-state index in [0.29, 0.717) is 32.2 Å². The van der Waals surface area contributed by atoms with E-state index in [0.717, 1.165) is 0 Å². The summed E-state index contributed by atoms with van der Waals surface area (Å²) in [5.41, 5.74) is 4.88. The van der Waals surface area contributed by atoms with E-state index in [9.17, 15) is 18.0 Å². The highest BCUT2D eigenvalue weighted by Crippen LogP contribution is 2.41. The summed E-state index contributed by atoms with van der Waals surface area (Å²) in [7, 11) is 0. The van der Waals surface area contributed by atoms with Crippen molar-refractivity contribution in [2.24, 2.45) is 17.6 Å². The van der Waals surface area contributed by atoms with Gasteiger partial charge >= 0.3 is 6.18 Å². The summed E-state index contributed by atoms with van der Waals surface area (Å²) >= 11 is 0. The predicted molar refractivity (Wildman–Crippen MR) is 67.4 cm³/mol. The average molecular weight is 280 g/mol. The summed E-state index contributed by atoms with van der Waals surface area (Å²) in [6.07, 6.45) is -2.15. The molecule has 0 radical (unpaired) electrons. The highest BCUT2D eigenvalue weighted by Gasteiger charge is 2.48. The largest absolute Gasteiger partial charge is 0.392 e. The second-order valence-corrected chi connectivity index (χ2v) is 5.95. The Morgan fingerprint density at radius 1 is 1.26 bits per heavy atom. The number of nitrogens with one attached hydrogen (secondary N) is 1. The molecule has 0 aromatic heterocycles. The summed E-state index contributed by atoms with van der Waals surface area (Å²) < 4.78 is 38.8. The smallest absolute Gasteiger partial charge is 0.351 e. The van der Waals surface area contributed by atoms with Crippen LogP contribution >= 0.6 is 0 Å². The van der Waals surface area contributed by atoms with E-state index in [1.165, 1.54) is 0 Å². The van der Waals surface area contributed by atoms with E-state index in [4.69, 9.17) is 5.73 Å². The molecule has 0 aliphatic heterocycles. The number of carbonyl (C=O) groups is 1. The standard InChI is InChI=1S/C13H23F3N2O/c1-12(2,7-8-17)18-11(19)9-5-3-4-6-10(9)13(14,15)16/h9-10H,3-8,17H2,1-2H3,(H,18,19). The van der Waals surface area contributed by atoms with Gasteiger partial charge in [-0.3, -0.25) is 4.79 Å². The maximum absolute atomic E-state index is 12.9. The minimum atomic E-state index is -4.29. The molecule has 1 aliphatic carbocycles. The van der Waals surface area contributed by atoms with Gasteiger partial charge in [0, 0.05) is 11.5 Å². The van der Waals surface area contributed by atoms with Crippen molar-refractivity contribution in [1.29, 1.82) is 0 Å². The molecule has 1 aliphatic rings.